The number of hydrogen-bond donors (Lipinski definition) is 9. The summed E-state index contributed by atoms with van der Waals surface area (Å²) in [4.78, 5) is 75.1. The van der Waals surface area contributed by atoms with Gasteiger partial charge in [0.05, 0.1) is 12.5 Å². The lowest BCUT2D eigenvalue weighted by Crippen LogP contribution is -2.58. The third-order valence-electron chi connectivity index (χ3n) is 4.83. The van der Waals surface area contributed by atoms with Crippen LogP contribution in [0.1, 0.15) is 53.4 Å². The topological polar surface area (TPSA) is 290 Å². The van der Waals surface area contributed by atoms with Gasteiger partial charge in [-0.05, 0) is 25.2 Å². The van der Waals surface area contributed by atoms with Crippen molar-refractivity contribution in [2.24, 2.45) is 28.1 Å². The number of hydrogen-bond acceptors (Lipinski definition) is 8. The van der Waals surface area contributed by atoms with Gasteiger partial charge in [0, 0.05) is 13.0 Å². The number of carboxylic acids is 3. The molecule has 0 aliphatic carbocycles. The average molecular weight is 534 g/mol. The van der Waals surface area contributed by atoms with Crippen molar-refractivity contribution in [1.82, 2.24) is 16.0 Å². The van der Waals surface area contributed by atoms with Gasteiger partial charge >= 0.3 is 17.9 Å². The molecule has 4 unspecified atom stereocenters. The maximum absolute atomic E-state index is 12.8. The van der Waals surface area contributed by atoms with Crippen molar-refractivity contribution >= 4 is 41.6 Å². The van der Waals surface area contributed by atoms with Gasteiger partial charge in [0.15, 0.2) is 5.96 Å². The molecular formula is C21H39N7O9. The van der Waals surface area contributed by atoms with E-state index < -0.39 is 85.0 Å². The second-order valence-electron chi connectivity index (χ2n) is 8.28. The van der Waals surface area contributed by atoms with Gasteiger partial charge in [-0.15, -0.1) is 0 Å². The molecule has 4 atom stereocenters. The Morgan fingerprint density at radius 1 is 0.811 bits per heavy atom. The SMILES string of the molecule is C.CC(C)C(NC(=O)C(CC(=O)O)NC(=O)C(CCC(=O)O)NC(=O)C(N)CCCN=C(N)N)C(=O)O. The number of nitrogens with two attached hydrogens (primary N) is 3. The molecule has 37 heavy (non-hydrogen) atoms. The lowest BCUT2D eigenvalue weighted by atomic mass is 10.0. The summed E-state index contributed by atoms with van der Waals surface area (Å²) in [7, 11) is 0. The Labute approximate surface area is 214 Å². The number of guanidine groups is 1. The molecule has 0 aromatic heterocycles. The predicted molar refractivity (Wildman–Crippen MR) is 132 cm³/mol. The molecule has 16 nitrogen and oxygen atoms in total. The highest BCUT2D eigenvalue weighted by Gasteiger charge is 2.32. The minimum Gasteiger partial charge on any atom is -0.481 e. The summed E-state index contributed by atoms with van der Waals surface area (Å²) in [5.74, 6) is -7.72. The van der Waals surface area contributed by atoms with Gasteiger partial charge in [-0.1, -0.05) is 21.3 Å². The number of carbonyl (C=O) groups is 6. The van der Waals surface area contributed by atoms with Crippen LogP contribution >= 0.6 is 0 Å². The Morgan fingerprint density at radius 2 is 1.35 bits per heavy atom. The Kier molecular flexibility index (Phi) is 16.6. The Hall–Kier alpha value is -3.95. The maximum Gasteiger partial charge on any atom is 0.326 e. The molecule has 0 aliphatic heterocycles. The fraction of sp³-hybridized carbons (Fsp3) is 0.667. The molecule has 0 aromatic rings. The van der Waals surface area contributed by atoms with E-state index >= 15 is 0 Å². The summed E-state index contributed by atoms with van der Waals surface area (Å²) < 4.78 is 0. The molecule has 3 amide bonds. The molecule has 0 radical (unpaired) electrons. The number of aliphatic imine (C=N–C) groups is 1. The summed E-state index contributed by atoms with van der Waals surface area (Å²) in [6.07, 6.45) is -1.36. The van der Waals surface area contributed by atoms with Crippen LogP contribution in [0.25, 0.3) is 0 Å². The van der Waals surface area contributed by atoms with Crippen LogP contribution < -0.4 is 33.2 Å². The smallest absolute Gasteiger partial charge is 0.326 e. The van der Waals surface area contributed by atoms with Crippen LogP contribution in [0.3, 0.4) is 0 Å². The third-order valence-corrected chi connectivity index (χ3v) is 4.83. The average Bonchev–Trinajstić information content (AvgIpc) is 2.75. The summed E-state index contributed by atoms with van der Waals surface area (Å²) in [6, 6.07) is -5.63. The maximum atomic E-state index is 12.8. The summed E-state index contributed by atoms with van der Waals surface area (Å²) in [5.41, 5.74) is 16.2. The van der Waals surface area contributed by atoms with Crippen LogP contribution in [0.4, 0.5) is 0 Å². The van der Waals surface area contributed by atoms with E-state index in [0.29, 0.717) is 6.42 Å². The molecule has 0 aliphatic rings. The number of rotatable bonds is 17. The monoisotopic (exact) mass is 533 g/mol. The van der Waals surface area contributed by atoms with E-state index in [1.807, 2.05) is 0 Å². The van der Waals surface area contributed by atoms with Crippen molar-refractivity contribution in [3.8, 4) is 0 Å². The lowest BCUT2D eigenvalue weighted by molar-refractivity contribution is -0.144. The quantitative estimate of drug-likeness (QED) is 0.0534. The van der Waals surface area contributed by atoms with Gasteiger partial charge in [-0.25, -0.2) is 4.79 Å². The molecule has 0 spiro atoms. The van der Waals surface area contributed by atoms with Gasteiger partial charge < -0.3 is 48.5 Å². The predicted octanol–water partition coefficient (Wildman–Crippen LogP) is -2.46. The Morgan fingerprint density at radius 3 is 1.81 bits per heavy atom. The zero-order chi connectivity index (χ0) is 28.0. The normalized spacial score (nSPS) is 13.6. The van der Waals surface area contributed by atoms with Crippen molar-refractivity contribution in [2.45, 2.75) is 77.5 Å². The van der Waals surface area contributed by atoms with Crippen molar-refractivity contribution in [2.75, 3.05) is 6.54 Å². The fourth-order valence-electron chi connectivity index (χ4n) is 2.89. The van der Waals surface area contributed by atoms with Gasteiger partial charge in [0.25, 0.3) is 0 Å². The molecule has 0 rings (SSSR count). The molecule has 0 heterocycles. The van der Waals surface area contributed by atoms with Crippen LogP contribution in [0.15, 0.2) is 4.99 Å². The molecule has 12 N–H and O–H groups in total. The van der Waals surface area contributed by atoms with Crippen molar-refractivity contribution < 1.29 is 44.1 Å². The van der Waals surface area contributed by atoms with Crippen molar-refractivity contribution in [1.29, 1.82) is 0 Å². The molecule has 0 aromatic carbocycles. The van der Waals surface area contributed by atoms with E-state index in [2.05, 4.69) is 20.9 Å². The summed E-state index contributed by atoms with van der Waals surface area (Å²) in [5, 5.41) is 34.0. The van der Waals surface area contributed by atoms with E-state index in [1.54, 1.807) is 0 Å². The number of carbonyl (C=O) groups excluding carboxylic acids is 3. The zero-order valence-corrected chi connectivity index (χ0v) is 20.1. The highest BCUT2D eigenvalue weighted by atomic mass is 16.4. The van der Waals surface area contributed by atoms with E-state index in [9.17, 15) is 33.9 Å². The highest BCUT2D eigenvalue weighted by molar-refractivity contribution is 5.95. The standard InChI is InChI=1S/C20H35N7O9.CH4/c1-9(2)15(19(35)36)27-18(34)12(8-14(30)31)26-17(33)11(5-6-13(28)29)25-16(32)10(21)4-3-7-24-20(22)23;/h9-12,15H,3-8,21H2,1-2H3,(H,25,32)(H,26,33)(H,27,34)(H,28,29)(H,30,31)(H,35,36)(H4,22,23,24);1H4. The number of amides is 3. The molecule has 0 fully saturated rings. The summed E-state index contributed by atoms with van der Waals surface area (Å²) >= 11 is 0. The van der Waals surface area contributed by atoms with Gasteiger partial charge in [0.2, 0.25) is 17.7 Å². The highest BCUT2D eigenvalue weighted by Crippen LogP contribution is 2.06. The van der Waals surface area contributed by atoms with Crippen LogP contribution in [0.5, 0.6) is 0 Å². The number of aliphatic carboxylic acids is 3. The fourth-order valence-corrected chi connectivity index (χ4v) is 2.89. The Balaban J connectivity index is 0. The molecule has 16 heteroatoms. The van der Waals surface area contributed by atoms with Crippen LogP contribution in [-0.4, -0.2) is 87.6 Å². The van der Waals surface area contributed by atoms with Gasteiger partial charge in [0.1, 0.15) is 18.1 Å². The van der Waals surface area contributed by atoms with Gasteiger partial charge in [-0.3, -0.25) is 29.0 Å². The first-order valence-corrected chi connectivity index (χ1v) is 11.0. The first-order chi connectivity index (χ1) is 16.6. The molecule has 0 bridgehead atoms. The van der Waals surface area contributed by atoms with Crippen LogP contribution in [-0.2, 0) is 28.8 Å². The van der Waals surface area contributed by atoms with E-state index in [1.165, 1.54) is 13.8 Å². The van der Waals surface area contributed by atoms with Crippen LogP contribution in [0.2, 0.25) is 0 Å². The van der Waals surface area contributed by atoms with E-state index in [-0.39, 0.29) is 26.4 Å². The molecule has 0 saturated carbocycles. The zero-order valence-electron chi connectivity index (χ0n) is 20.1. The second kappa shape index (κ2) is 17.5. The second-order valence-corrected chi connectivity index (χ2v) is 8.28. The van der Waals surface area contributed by atoms with Crippen molar-refractivity contribution in [3.63, 3.8) is 0 Å². The minimum absolute atomic E-state index is 0. The lowest BCUT2D eigenvalue weighted by Gasteiger charge is -2.25. The van der Waals surface area contributed by atoms with E-state index in [4.69, 9.17) is 27.4 Å². The first-order valence-electron chi connectivity index (χ1n) is 11.0. The summed E-state index contributed by atoms with van der Waals surface area (Å²) in [6.45, 7) is 3.23. The molecule has 212 valence electrons. The van der Waals surface area contributed by atoms with E-state index in [0.717, 1.165) is 0 Å². The van der Waals surface area contributed by atoms with Crippen molar-refractivity contribution in [3.05, 3.63) is 0 Å². The van der Waals surface area contributed by atoms with Gasteiger partial charge in [-0.2, -0.15) is 0 Å². The van der Waals surface area contributed by atoms with Crippen LogP contribution in [0, 0.1) is 5.92 Å². The molecular weight excluding hydrogens is 494 g/mol. The minimum atomic E-state index is -1.70. The Bertz CT molecular complexity index is 844. The number of carboxylic acid groups (broad SMARTS) is 3. The number of nitrogens with one attached hydrogen (secondary N) is 3. The number of nitrogens with zero attached hydrogens (tertiary/aromatic N) is 1. The molecule has 0 saturated heterocycles. The third kappa shape index (κ3) is 14.9. The largest absolute Gasteiger partial charge is 0.481 e. The first kappa shape index (κ1) is 35.2.